The molecule has 1 aromatic heterocycles. The molecule has 0 spiro atoms. The maximum atomic E-state index is 12.5. The first kappa shape index (κ1) is 14.9. The third kappa shape index (κ3) is 2.66. The topological polar surface area (TPSA) is 104 Å². The Morgan fingerprint density at radius 1 is 1.40 bits per heavy atom. The molecule has 7 nitrogen and oxygen atoms in total. The van der Waals surface area contributed by atoms with Crippen LogP contribution in [-0.4, -0.2) is 55.3 Å². The molecule has 2 atom stereocenters. The molecule has 2 heterocycles. The Kier molecular flexibility index (Phi) is 3.79. The molecule has 2 rings (SSSR count). The third-order valence-electron chi connectivity index (χ3n) is 3.22. The highest BCUT2D eigenvalue weighted by Crippen LogP contribution is 2.29. The number of carbonyl (C=O) groups is 2. The molecule has 1 aliphatic heterocycles. The molecule has 0 bridgehead atoms. The number of aromatic nitrogens is 2. The lowest BCUT2D eigenvalue weighted by atomic mass is 9.91. The number of carbonyl (C=O) groups excluding carboxylic acids is 1. The highest BCUT2D eigenvalue weighted by molar-refractivity contribution is 7.08. The van der Waals surface area contributed by atoms with E-state index >= 15 is 0 Å². The van der Waals surface area contributed by atoms with Crippen LogP contribution in [-0.2, 0) is 10.2 Å². The van der Waals surface area contributed by atoms with E-state index in [1.165, 1.54) is 4.90 Å². The van der Waals surface area contributed by atoms with E-state index in [0.29, 0.717) is 10.6 Å². The summed E-state index contributed by atoms with van der Waals surface area (Å²) in [6.45, 7) is 5.76. The number of carboxylic acid groups (broad SMARTS) is 1. The van der Waals surface area contributed by atoms with Crippen molar-refractivity contribution in [3.8, 4) is 0 Å². The van der Waals surface area contributed by atoms with Gasteiger partial charge in [-0.25, -0.2) is 4.79 Å². The molecular weight excluding hydrogens is 282 g/mol. The second-order valence-corrected chi connectivity index (χ2v) is 6.66. The number of hydrogen-bond acceptors (Lipinski definition) is 6. The van der Waals surface area contributed by atoms with Gasteiger partial charge in [-0.05, 0) is 11.5 Å². The molecule has 0 aliphatic carbocycles. The van der Waals surface area contributed by atoms with E-state index in [9.17, 15) is 14.7 Å². The number of aliphatic hydroxyl groups excluding tert-OH is 1. The van der Waals surface area contributed by atoms with Crippen molar-refractivity contribution in [2.45, 2.75) is 44.8 Å². The standard InChI is InChI=1S/C12H17N3O4S/c1-12(2,3)9-8(20-14-13-9)10(17)15-5-6(16)4-7(15)11(18)19/h6-7,16H,4-5H2,1-3H3,(H,18,19)/t6-,7+/m1/s1. The minimum atomic E-state index is -1.11. The number of carboxylic acids is 1. The molecule has 8 heteroatoms. The molecule has 0 saturated carbocycles. The molecule has 0 aromatic carbocycles. The Bertz CT molecular complexity index is 537. The summed E-state index contributed by atoms with van der Waals surface area (Å²) in [5.74, 6) is -1.53. The van der Waals surface area contributed by atoms with Gasteiger partial charge in [0.1, 0.15) is 10.9 Å². The molecule has 1 saturated heterocycles. The first-order chi connectivity index (χ1) is 9.21. The highest BCUT2D eigenvalue weighted by atomic mass is 32.1. The predicted octanol–water partition coefficient (Wildman–Crippen LogP) is 0.496. The van der Waals surface area contributed by atoms with Crippen LogP contribution in [0.25, 0.3) is 0 Å². The number of aliphatic carboxylic acids is 1. The SMILES string of the molecule is CC(C)(C)c1nnsc1C(=O)N1C[C@H](O)C[C@H]1C(=O)O. The van der Waals surface area contributed by atoms with E-state index in [2.05, 4.69) is 9.59 Å². The molecule has 1 aliphatic rings. The fourth-order valence-electron chi connectivity index (χ4n) is 2.22. The largest absolute Gasteiger partial charge is 0.480 e. The summed E-state index contributed by atoms with van der Waals surface area (Å²) in [6, 6.07) is -0.993. The Morgan fingerprint density at radius 2 is 2.05 bits per heavy atom. The first-order valence-electron chi connectivity index (χ1n) is 6.26. The van der Waals surface area contributed by atoms with Crippen molar-refractivity contribution >= 4 is 23.4 Å². The Labute approximate surface area is 120 Å². The van der Waals surface area contributed by atoms with Gasteiger partial charge in [-0.3, -0.25) is 4.79 Å². The normalized spacial score (nSPS) is 23.1. The van der Waals surface area contributed by atoms with Crippen LogP contribution in [0.5, 0.6) is 0 Å². The zero-order valence-corrected chi connectivity index (χ0v) is 12.3. The van der Waals surface area contributed by atoms with Gasteiger partial charge in [-0.2, -0.15) is 0 Å². The average molecular weight is 299 g/mol. The number of aliphatic hydroxyl groups is 1. The second-order valence-electron chi connectivity index (χ2n) is 5.90. The molecule has 0 unspecified atom stereocenters. The molecule has 0 radical (unpaired) electrons. The predicted molar refractivity (Wildman–Crippen MR) is 71.7 cm³/mol. The van der Waals surface area contributed by atoms with Crippen LogP contribution in [0.2, 0.25) is 0 Å². The minimum absolute atomic E-state index is 0.0251. The molecule has 1 aromatic rings. The van der Waals surface area contributed by atoms with Gasteiger partial charge in [-0.1, -0.05) is 25.3 Å². The zero-order valence-electron chi connectivity index (χ0n) is 11.5. The summed E-state index contributed by atoms with van der Waals surface area (Å²) in [6.07, 6.45) is -0.753. The van der Waals surface area contributed by atoms with E-state index < -0.39 is 24.0 Å². The molecule has 20 heavy (non-hydrogen) atoms. The maximum absolute atomic E-state index is 12.5. The van der Waals surface area contributed by atoms with Crippen molar-refractivity contribution in [1.82, 2.24) is 14.5 Å². The third-order valence-corrected chi connectivity index (χ3v) is 3.93. The van der Waals surface area contributed by atoms with Crippen molar-refractivity contribution in [2.75, 3.05) is 6.54 Å². The van der Waals surface area contributed by atoms with E-state index in [1.807, 2.05) is 20.8 Å². The number of nitrogens with zero attached hydrogens (tertiary/aromatic N) is 3. The number of likely N-dealkylation sites (tertiary alicyclic amines) is 1. The van der Waals surface area contributed by atoms with E-state index in [4.69, 9.17) is 5.11 Å². The minimum Gasteiger partial charge on any atom is -0.480 e. The Morgan fingerprint density at radius 3 is 2.60 bits per heavy atom. The lowest BCUT2D eigenvalue weighted by Gasteiger charge is -2.22. The monoisotopic (exact) mass is 299 g/mol. The van der Waals surface area contributed by atoms with Crippen LogP contribution in [0.3, 0.4) is 0 Å². The Balaban J connectivity index is 2.32. The van der Waals surface area contributed by atoms with Gasteiger partial charge in [-0.15, -0.1) is 5.10 Å². The molecule has 2 N–H and O–H groups in total. The van der Waals surface area contributed by atoms with Crippen LogP contribution >= 0.6 is 11.5 Å². The lowest BCUT2D eigenvalue weighted by Crippen LogP contribution is -2.41. The van der Waals surface area contributed by atoms with Crippen molar-refractivity contribution in [3.05, 3.63) is 10.6 Å². The fourth-order valence-corrected chi connectivity index (χ4v) is 3.06. The van der Waals surface area contributed by atoms with Crippen LogP contribution < -0.4 is 0 Å². The smallest absolute Gasteiger partial charge is 0.326 e. The molecule has 110 valence electrons. The van der Waals surface area contributed by atoms with Gasteiger partial charge in [0.2, 0.25) is 0 Å². The summed E-state index contributed by atoms with van der Waals surface area (Å²) in [5, 5.41) is 22.7. The number of β-amino-alcohol motifs (C(OH)–C–C–N with tert-alkyl or cyclic N) is 1. The van der Waals surface area contributed by atoms with Crippen molar-refractivity contribution in [1.29, 1.82) is 0 Å². The van der Waals surface area contributed by atoms with Crippen LogP contribution in [0.1, 0.15) is 42.6 Å². The van der Waals surface area contributed by atoms with Gasteiger partial charge < -0.3 is 15.1 Å². The van der Waals surface area contributed by atoms with Gasteiger partial charge in [0.15, 0.2) is 0 Å². The van der Waals surface area contributed by atoms with Gasteiger partial charge in [0, 0.05) is 18.4 Å². The highest BCUT2D eigenvalue weighted by Gasteiger charge is 2.41. The van der Waals surface area contributed by atoms with Crippen LogP contribution in [0.4, 0.5) is 0 Å². The maximum Gasteiger partial charge on any atom is 0.326 e. The second kappa shape index (κ2) is 5.10. The van der Waals surface area contributed by atoms with Gasteiger partial charge in [0.25, 0.3) is 5.91 Å². The van der Waals surface area contributed by atoms with Crippen molar-refractivity contribution in [3.63, 3.8) is 0 Å². The van der Waals surface area contributed by atoms with E-state index in [0.717, 1.165) is 11.5 Å². The van der Waals surface area contributed by atoms with Gasteiger partial charge >= 0.3 is 5.97 Å². The summed E-state index contributed by atoms with van der Waals surface area (Å²) in [5.41, 5.74) is 0.202. The summed E-state index contributed by atoms with van der Waals surface area (Å²) >= 11 is 0.959. The number of hydrogen-bond donors (Lipinski definition) is 2. The quantitative estimate of drug-likeness (QED) is 0.824. The van der Waals surface area contributed by atoms with E-state index in [1.54, 1.807) is 0 Å². The van der Waals surface area contributed by atoms with Crippen molar-refractivity contribution < 1.29 is 19.8 Å². The molecular formula is C12H17N3O4S. The first-order valence-corrected chi connectivity index (χ1v) is 7.04. The summed E-state index contributed by atoms with van der Waals surface area (Å²) < 4.78 is 3.80. The Hall–Kier alpha value is -1.54. The fraction of sp³-hybridized carbons (Fsp3) is 0.667. The molecule has 1 amide bonds. The number of rotatable bonds is 2. The van der Waals surface area contributed by atoms with Crippen molar-refractivity contribution in [2.24, 2.45) is 0 Å². The molecule has 1 fully saturated rings. The van der Waals surface area contributed by atoms with Crippen LogP contribution in [0.15, 0.2) is 0 Å². The lowest BCUT2D eigenvalue weighted by molar-refractivity contribution is -0.141. The summed E-state index contributed by atoms with van der Waals surface area (Å²) in [7, 11) is 0. The zero-order chi connectivity index (χ0) is 15.1. The van der Waals surface area contributed by atoms with E-state index in [-0.39, 0.29) is 18.4 Å². The van der Waals surface area contributed by atoms with Gasteiger partial charge in [0.05, 0.1) is 11.8 Å². The summed E-state index contributed by atoms with van der Waals surface area (Å²) in [4.78, 5) is 25.2. The van der Waals surface area contributed by atoms with Crippen LogP contribution in [0, 0.1) is 0 Å². The number of amides is 1. The average Bonchev–Trinajstić information content (AvgIpc) is 2.92.